The Labute approximate surface area is 141 Å². The standard InChI is InChI=1S/C23H26/c1-5-9-13-19-20(14-10-6-2)22-17-16-18(12-8-4)23(22)21(19)15-11-7-3/h5,7,9-15,17H,1,3,6,8,16H2,2,4H3/b13-9-,14-10-,15-11-,18-12-. The molecule has 0 aromatic carbocycles. The van der Waals surface area contributed by atoms with Gasteiger partial charge < -0.3 is 0 Å². The van der Waals surface area contributed by atoms with Crippen molar-refractivity contribution in [3.05, 3.63) is 107 Å². The minimum atomic E-state index is 1.03. The first-order chi connectivity index (χ1) is 11.3. The predicted octanol–water partition coefficient (Wildman–Crippen LogP) is 6.71. The van der Waals surface area contributed by atoms with Crippen LogP contribution in [0.25, 0.3) is 0 Å². The van der Waals surface area contributed by atoms with Gasteiger partial charge in [-0.3, -0.25) is 0 Å². The van der Waals surface area contributed by atoms with Gasteiger partial charge in [0.2, 0.25) is 0 Å². The van der Waals surface area contributed by atoms with Crippen LogP contribution in [0.2, 0.25) is 0 Å². The van der Waals surface area contributed by atoms with E-state index in [1.807, 2.05) is 24.3 Å². The van der Waals surface area contributed by atoms with Gasteiger partial charge in [0.25, 0.3) is 0 Å². The van der Waals surface area contributed by atoms with Crippen LogP contribution in [0, 0.1) is 0 Å². The molecular formula is C23H26. The first-order valence-electron chi connectivity index (χ1n) is 8.42. The van der Waals surface area contributed by atoms with Crippen molar-refractivity contribution in [1.29, 1.82) is 0 Å². The fraction of sp³-hybridized carbons (Fsp3) is 0.217. The normalized spacial score (nSPS) is 19.7. The molecule has 0 fully saturated rings. The number of fused-ring (bicyclic) bond motifs is 1. The summed E-state index contributed by atoms with van der Waals surface area (Å²) in [5.74, 6) is 0. The Morgan fingerprint density at radius 1 is 0.913 bits per heavy atom. The number of hydrogen-bond donors (Lipinski definition) is 0. The van der Waals surface area contributed by atoms with Crippen LogP contribution in [0.15, 0.2) is 107 Å². The van der Waals surface area contributed by atoms with Crippen LogP contribution in [0.4, 0.5) is 0 Å². The van der Waals surface area contributed by atoms with Crippen molar-refractivity contribution in [1.82, 2.24) is 0 Å². The third-order valence-corrected chi connectivity index (χ3v) is 4.03. The molecule has 0 radical (unpaired) electrons. The Balaban J connectivity index is 2.66. The number of rotatable bonds is 7. The third kappa shape index (κ3) is 3.53. The molecule has 0 amide bonds. The van der Waals surface area contributed by atoms with Gasteiger partial charge in [0.05, 0.1) is 0 Å². The zero-order valence-corrected chi connectivity index (χ0v) is 14.3. The molecule has 0 aromatic rings. The predicted molar refractivity (Wildman–Crippen MR) is 103 cm³/mol. The van der Waals surface area contributed by atoms with Gasteiger partial charge in [0, 0.05) is 0 Å². The molecule has 0 heteroatoms. The van der Waals surface area contributed by atoms with Gasteiger partial charge >= 0.3 is 0 Å². The highest BCUT2D eigenvalue weighted by molar-refractivity contribution is 5.79. The van der Waals surface area contributed by atoms with Crippen molar-refractivity contribution < 1.29 is 0 Å². The van der Waals surface area contributed by atoms with Crippen LogP contribution < -0.4 is 0 Å². The largest absolute Gasteiger partial charge is 0.0991 e. The summed E-state index contributed by atoms with van der Waals surface area (Å²) in [6, 6.07) is 0. The first kappa shape index (κ1) is 17.0. The van der Waals surface area contributed by atoms with Crippen LogP contribution in [0.3, 0.4) is 0 Å². The molecule has 0 nitrogen and oxygen atoms in total. The van der Waals surface area contributed by atoms with E-state index in [1.54, 1.807) is 0 Å². The van der Waals surface area contributed by atoms with Crippen molar-refractivity contribution in [2.24, 2.45) is 0 Å². The van der Waals surface area contributed by atoms with E-state index < -0.39 is 0 Å². The van der Waals surface area contributed by atoms with Gasteiger partial charge in [-0.15, -0.1) is 0 Å². The third-order valence-electron chi connectivity index (χ3n) is 4.03. The zero-order valence-electron chi connectivity index (χ0n) is 14.3. The summed E-state index contributed by atoms with van der Waals surface area (Å²) in [6.45, 7) is 12.0. The Hall–Kier alpha value is -2.34. The lowest BCUT2D eigenvalue weighted by Gasteiger charge is -2.05. The summed E-state index contributed by atoms with van der Waals surface area (Å²) in [5, 5.41) is 0. The van der Waals surface area contributed by atoms with Gasteiger partial charge in [-0.1, -0.05) is 87.8 Å². The van der Waals surface area contributed by atoms with E-state index in [0.29, 0.717) is 0 Å². The monoisotopic (exact) mass is 302 g/mol. The molecule has 0 bridgehead atoms. The summed E-state index contributed by atoms with van der Waals surface area (Å²) >= 11 is 0. The van der Waals surface area contributed by atoms with Crippen molar-refractivity contribution in [3.8, 4) is 0 Å². The van der Waals surface area contributed by atoms with Crippen molar-refractivity contribution in [2.45, 2.75) is 33.1 Å². The average molecular weight is 302 g/mol. The maximum absolute atomic E-state index is 3.82. The second kappa shape index (κ2) is 8.33. The van der Waals surface area contributed by atoms with Crippen LogP contribution in [-0.4, -0.2) is 0 Å². The quantitative estimate of drug-likeness (QED) is 0.458. The molecule has 0 N–H and O–H groups in total. The van der Waals surface area contributed by atoms with E-state index in [2.05, 4.69) is 63.5 Å². The number of hydrogen-bond acceptors (Lipinski definition) is 0. The molecule has 0 saturated heterocycles. The lowest BCUT2D eigenvalue weighted by molar-refractivity contribution is 1.16. The summed E-state index contributed by atoms with van der Waals surface area (Å²) in [5.41, 5.74) is 8.10. The summed E-state index contributed by atoms with van der Waals surface area (Å²) in [4.78, 5) is 0. The maximum Gasteiger partial charge on any atom is -0.00700 e. The molecule has 0 atom stereocenters. The summed E-state index contributed by atoms with van der Waals surface area (Å²) in [6.07, 6.45) is 24.4. The molecule has 0 saturated carbocycles. The molecule has 2 aliphatic rings. The molecule has 23 heavy (non-hydrogen) atoms. The molecule has 118 valence electrons. The van der Waals surface area contributed by atoms with Crippen molar-refractivity contribution in [2.75, 3.05) is 0 Å². The van der Waals surface area contributed by atoms with Gasteiger partial charge in [-0.25, -0.2) is 0 Å². The van der Waals surface area contributed by atoms with Crippen LogP contribution in [0.1, 0.15) is 33.1 Å². The van der Waals surface area contributed by atoms with E-state index in [9.17, 15) is 0 Å². The van der Waals surface area contributed by atoms with E-state index in [-0.39, 0.29) is 0 Å². The first-order valence-corrected chi connectivity index (χ1v) is 8.42. The van der Waals surface area contributed by atoms with E-state index in [4.69, 9.17) is 0 Å². The van der Waals surface area contributed by atoms with Crippen LogP contribution in [-0.2, 0) is 0 Å². The van der Waals surface area contributed by atoms with Crippen molar-refractivity contribution in [3.63, 3.8) is 0 Å². The summed E-state index contributed by atoms with van der Waals surface area (Å²) < 4.78 is 0. The van der Waals surface area contributed by atoms with Gasteiger partial charge in [0.15, 0.2) is 0 Å². The lowest BCUT2D eigenvalue weighted by Crippen LogP contribution is -1.87. The molecule has 0 spiro atoms. The molecule has 2 rings (SSSR count). The smallest absolute Gasteiger partial charge is 0.00700 e. The second-order valence-electron chi connectivity index (χ2n) is 5.58. The molecule has 0 aromatic heterocycles. The lowest BCUT2D eigenvalue weighted by atomic mass is 9.98. The average Bonchev–Trinajstić information content (AvgIpc) is 3.08. The maximum atomic E-state index is 3.82. The fourth-order valence-corrected chi connectivity index (χ4v) is 3.10. The Kier molecular flexibility index (Phi) is 6.17. The molecular weight excluding hydrogens is 276 g/mol. The van der Waals surface area contributed by atoms with Gasteiger partial charge in [-0.05, 0) is 52.7 Å². The SMILES string of the molecule is C=C/C=C\C1=C(/C=C\CC)C2=CC/C(=C/CC)C2=C1/C=C\C=C. The van der Waals surface area contributed by atoms with E-state index in [1.165, 1.54) is 33.4 Å². The highest BCUT2D eigenvalue weighted by atomic mass is 14.3. The Bertz CT molecular complexity index is 694. The van der Waals surface area contributed by atoms with Gasteiger partial charge in [0.1, 0.15) is 0 Å². The highest BCUT2D eigenvalue weighted by Gasteiger charge is 2.30. The zero-order chi connectivity index (χ0) is 16.7. The van der Waals surface area contributed by atoms with Crippen LogP contribution >= 0.6 is 0 Å². The molecule has 0 aliphatic heterocycles. The fourth-order valence-electron chi connectivity index (χ4n) is 3.10. The van der Waals surface area contributed by atoms with Crippen molar-refractivity contribution >= 4 is 0 Å². The van der Waals surface area contributed by atoms with E-state index in [0.717, 1.165) is 19.3 Å². The topological polar surface area (TPSA) is 0 Å². The van der Waals surface area contributed by atoms with Crippen LogP contribution in [0.5, 0.6) is 0 Å². The Morgan fingerprint density at radius 3 is 2.22 bits per heavy atom. The minimum Gasteiger partial charge on any atom is -0.0991 e. The molecule has 2 aliphatic carbocycles. The highest BCUT2D eigenvalue weighted by Crippen LogP contribution is 2.47. The minimum absolute atomic E-state index is 1.03. The van der Waals surface area contributed by atoms with Gasteiger partial charge in [-0.2, -0.15) is 0 Å². The second-order valence-corrected chi connectivity index (χ2v) is 5.58. The van der Waals surface area contributed by atoms with E-state index >= 15 is 0 Å². The molecule has 0 unspecified atom stereocenters. The Morgan fingerprint density at radius 2 is 1.61 bits per heavy atom. The summed E-state index contributed by atoms with van der Waals surface area (Å²) in [7, 11) is 0. The number of allylic oxidation sites excluding steroid dienone is 16. The molecule has 0 heterocycles.